The van der Waals surface area contributed by atoms with Gasteiger partial charge in [0, 0.05) is 19.3 Å². The second-order valence-corrected chi connectivity index (χ2v) is 3.65. The quantitative estimate of drug-likeness (QED) is 0.857. The number of aromatic nitrogens is 1. The smallest absolute Gasteiger partial charge is 0.326 e. The summed E-state index contributed by atoms with van der Waals surface area (Å²) in [6, 6.07) is 3.46. The van der Waals surface area contributed by atoms with Crippen molar-refractivity contribution in [2.45, 2.75) is 19.3 Å². The van der Waals surface area contributed by atoms with Gasteiger partial charge in [-0.05, 0) is 18.7 Å². The van der Waals surface area contributed by atoms with Gasteiger partial charge >= 0.3 is 6.18 Å². The highest BCUT2D eigenvalue weighted by Crippen LogP contribution is 2.16. The van der Waals surface area contributed by atoms with Crippen molar-refractivity contribution in [3.63, 3.8) is 0 Å². The standard InChI is InChI=1S/C10H14F3N3/c1-16(7-10(11,12)13)6-9-3-2-8(4-14)5-15-9/h2-3,5H,4,6-7,14H2,1H3. The molecule has 3 nitrogen and oxygen atoms in total. The van der Waals surface area contributed by atoms with Crippen LogP contribution in [0.25, 0.3) is 0 Å². The van der Waals surface area contributed by atoms with E-state index in [-0.39, 0.29) is 6.54 Å². The van der Waals surface area contributed by atoms with Gasteiger partial charge in [0.1, 0.15) is 0 Å². The monoisotopic (exact) mass is 233 g/mol. The fourth-order valence-corrected chi connectivity index (χ4v) is 1.31. The maximum Gasteiger partial charge on any atom is 0.401 e. The van der Waals surface area contributed by atoms with Crippen LogP contribution in [0.15, 0.2) is 18.3 Å². The molecule has 0 spiro atoms. The number of pyridine rings is 1. The predicted molar refractivity (Wildman–Crippen MR) is 54.5 cm³/mol. The molecule has 0 aliphatic rings. The fraction of sp³-hybridized carbons (Fsp3) is 0.500. The first-order valence-electron chi connectivity index (χ1n) is 4.80. The predicted octanol–water partition coefficient (Wildman–Crippen LogP) is 1.53. The molecule has 0 saturated heterocycles. The van der Waals surface area contributed by atoms with Gasteiger partial charge in [-0.1, -0.05) is 6.07 Å². The average Bonchev–Trinajstić information content (AvgIpc) is 2.16. The first-order chi connectivity index (χ1) is 7.40. The highest BCUT2D eigenvalue weighted by molar-refractivity contribution is 5.13. The van der Waals surface area contributed by atoms with Crippen LogP contribution in [-0.2, 0) is 13.1 Å². The number of nitrogens with zero attached hydrogens (tertiary/aromatic N) is 2. The van der Waals surface area contributed by atoms with Gasteiger partial charge in [-0.2, -0.15) is 13.2 Å². The van der Waals surface area contributed by atoms with Gasteiger partial charge < -0.3 is 5.73 Å². The van der Waals surface area contributed by atoms with Crippen LogP contribution in [0, 0.1) is 0 Å². The average molecular weight is 233 g/mol. The van der Waals surface area contributed by atoms with Crippen LogP contribution in [0.2, 0.25) is 0 Å². The van der Waals surface area contributed by atoms with Gasteiger partial charge in [-0.3, -0.25) is 9.88 Å². The highest BCUT2D eigenvalue weighted by Gasteiger charge is 2.29. The highest BCUT2D eigenvalue weighted by atomic mass is 19.4. The lowest BCUT2D eigenvalue weighted by molar-refractivity contribution is -0.144. The van der Waals surface area contributed by atoms with Gasteiger partial charge in [0.05, 0.1) is 12.2 Å². The van der Waals surface area contributed by atoms with Crippen molar-refractivity contribution < 1.29 is 13.2 Å². The molecular weight excluding hydrogens is 219 g/mol. The number of alkyl halides is 3. The summed E-state index contributed by atoms with van der Waals surface area (Å²) in [7, 11) is 1.41. The summed E-state index contributed by atoms with van der Waals surface area (Å²) in [5.74, 6) is 0. The van der Waals surface area contributed by atoms with E-state index >= 15 is 0 Å². The van der Waals surface area contributed by atoms with Gasteiger partial charge in [0.15, 0.2) is 0 Å². The zero-order valence-corrected chi connectivity index (χ0v) is 8.96. The third kappa shape index (κ3) is 4.59. The molecule has 0 aliphatic carbocycles. The van der Waals surface area contributed by atoms with Crippen molar-refractivity contribution in [2.75, 3.05) is 13.6 Å². The Bertz CT molecular complexity index is 321. The van der Waals surface area contributed by atoms with Crippen LogP contribution in [0.1, 0.15) is 11.3 Å². The molecule has 0 bridgehead atoms. The second kappa shape index (κ2) is 5.27. The van der Waals surface area contributed by atoms with Crippen LogP contribution in [-0.4, -0.2) is 29.7 Å². The molecule has 1 heterocycles. The van der Waals surface area contributed by atoms with Crippen LogP contribution in [0.4, 0.5) is 13.2 Å². The third-order valence-corrected chi connectivity index (χ3v) is 2.00. The number of halogens is 3. The van der Waals surface area contributed by atoms with Crippen molar-refractivity contribution in [1.82, 2.24) is 9.88 Å². The summed E-state index contributed by atoms with van der Waals surface area (Å²) >= 11 is 0. The summed E-state index contributed by atoms with van der Waals surface area (Å²) in [6.45, 7) is -0.386. The minimum absolute atomic E-state index is 0.171. The molecule has 0 aromatic carbocycles. The van der Waals surface area contributed by atoms with E-state index in [2.05, 4.69) is 4.98 Å². The molecule has 0 aliphatic heterocycles. The lowest BCUT2D eigenvalue weighted by Gasteiger charge is -2.17. The molecule has 2 N–H and O–H groups in total. The van der Waals surface area contributed by atoms with Crippen LogP contribution < -0.4 is 5.73 Å². The van der Waals surface area contributed by atoms with Crippen LogP contribution in [0.3, 0.4) is 0 Å². The number of hydrogen-bond donors (Lipinski definition) is 1. The summed E-state index contributed by atoms with van der Waals surface area (Å²) < 4.78 is 36.1. The van der Waals surface area contributed by atoms with Crippen molar-refractivity contribution in [1.29, 1.82) is 0 Å². The second-order valence-electron chi connectivity index (χ2n) is 3.65. The van der Waals surface area contributed by atoms with E-state index in [4.69, 9.17) is 5.73 Å². The summed E-state index contributed by atoms with van der Waals surface area (Å²) in [5, 5.41) is 0. The van der Waals surface area contributed by atoms with Crippen molar-refractivity contribution >= 4 is 0 Å². The van der Waals surface area contributed by atoms with E-state index in [1.165, 1.54) is 11.9 Å². The Hall–Kier alpha value is -1.14. The van der Waals surface area contributed by atoms with Crippen molar-refractivity contribution in [2.24, 2.45) is 5.73 Å². The van der Waals surface area contributed by atoms with Crippen LogP contribution >= 0.6 is 0 Å². The Morgan fingerprint density at radius 2 is 2.06 bits per heavy atom. The van der Waals surface area contributed by atoms with Gasteiger partial charge in [-0.25, -0.2) is 0 Å². The first-order valence-corrected chi connectivity index (χ1v) is 4.80. The van der Waals surface area contributed by atoms with Gasteiger partial charge in [0.25, 0.3) is 0 Å². The molecule has 0 amide bonds. The zero-order chi connectivity index (χ0) is 12.2. The molecule has 0 radical (unpaired) electrons. The Morgan fingerprint density at radius 1 is 1.38 bits per heavy atom. The molecule has 1 aromatic heterocycles. The van der Waals surface area contributed by atoms with E-state index in [1.54, 1.807) is 18.3 Å². The van der Waals surface area contributed by atoms with Crippen molar-refractivity contribution in [3.8, 4) is 0 Å². The summed E-state index contributed by atoms with van der Waals surface area (Å²) in [4.78, 5) is 5.20. The molecule has 0 atom stereocenters. The maximum atomic E-state index is 12.0. The molecular formula is C10H14F3N3. The number of hydrogen-bond acceptors (Lipinski definition) is 3. The lowest BCUT2D eigenvalue weighted by Crippen LogP contribution is -2.30. The topological polar surface area (TPSA) is 42.1 Å². The molecule has 1 aromatic rings. The number of rotatable bonds is 4. The fourth-order valence-electron chi connectivity index (χ4n) is 1.31. The normalized spacial score (nSPS) is 12.1. The Labute approximate surface area is 92.1 Å². The van der Waals surface area contributed by atoms with E-state index in [0.29, 0.717) is 12.2 Å². The number of nitrogens with two attached hydrogens (primary N) is 1. The lowest BCUT2D eigenvalue weighted by atomic mass is 10.2. The minimum Gasteiger partial charge on any atom is -0.326 e. The van der Waals surface area contributed by atoms with Crippen LogP contribution in [0.5, 0.6) is 0 Å². The maximum absolute atomic E-state index is 12.0. The SMILES string of the molecule is CN(Cc1ccc(CN)cn1)CC(F)(F)F. The van der Waals surface area contributed by atoms with Crippen molar-refractivity contribution in [3.05, 3.63) is 29.6 Å². The zero-order valence-electron chi connectivity index (χ0n) is 8.96. The minimum atomic E-state index is -4.17. The van der Waals surface area contributed by atoms with E-state index in [0.717, 1.165) is 5.56 Å². The summed E-state index contributed by atoms with van der Waals surface area (Å²) in [6.07, 6.45) is -2.59. The van der Waals surface area contributed by atoms with E-state index in [9.17, 15) is 13.2 Å². The molecule has 90 valence electrons. The Kier molecular flexibility index (Phi) is 4.26. The Balaban J connectivity index is 2.53. The Morgan fingerprint density at radius 3 is 2.50 bits per heavy atom. The van der Waals surface area contributed by atoms with Gasteiger partial charge in [-0.15, -0.1) is 0 Å². The largest absolute Gasteiger partial charge is 0.401 e. The van der Waals surface area contributed by atoms with E-state index in [1.807, 2.05) is 0 Å². The molecule has 6 heteroatoms. The third-order valence-electron chi connectivity index (χ3n) is 2.00. The van der Waals surface area contributed by atoms with Gasteiger partial charge in [0.2, 0.25) is 0 Å². The van der Waals surface area contributed by atoms with E-state index < -0.39 is 12.7 Å². The first kappa shape index (κ1) is 12.9. The molecule has 0 fully saturated rings. The molecule has 0 saturated carbocycles. The molecule has 1 rings (SSSR count). The molecule has 16 heavy (non-hydrogen) atoms. The summed E-state index contributed by atoms with van der Waals surface area (Å²) in [5.41, 5.74) is 6.85. The molecule has 0 unspecified atom stereocenters.